The van der Waals surface area contributed by atoms with E-state index in [4.69, 9.17) is 34.2 Å². The molecular formula is C20H38N2O13. The van der Waals surface area contributed by atoms with Crippen LogP contribution in [0.15, 0.2) is 0 Å². The highest BCUT2D eigenvalue weighted by molar-refractivity contribution is 5.73. The summed E-state index contributed by atoms with van der Waals surface area (Å²) in [5, 5.41) is 62.7. The first kappa shape index (κ1) is 30.2. The van der Waals surface area contributed by atoms with Gasteiger partial charge in [-0.25, -0.2) is 0 Å². The monoisotopic (exact) mass is 514 g/mol. The van der Waals surface area contributed by atoms with E-state index in [0.717, 1.165) is 0 Å². The maximum atomic E-state index is 11.9. The Morgan fingerprint density at radius 3 is 2.00 bits per heavy atom. The van der Waals surface area contributed by atoms with Crippen LogP contribution < -0.4 is 11.1 Å². The number of hydrogen-bond acceptors (Lipinski definition) is 14. The van der Waals surface area contributed by atoms with Crippen LogP contribution in [-0.2, 0) is 33.2 Å². The Morgan fingerprint density at radius 1 is 0.829 bits per heavy atom. The van der Waals surface area contributed by atoms with Crippen LogP contribution in [0.25, 0.3) is 0 Å². The highest BCUT2D eigenvalue weighted by Crippen LogP contribution is 2.29. The number of nitrogens with two attached hydrogens (primary N) is 1. The number of nitrogens with one attached hydrogen (secondary N) is 1. The Morgan fingerprint density at radius 2 is 1.40 bits per heavy atom. The smallest absolute Gasteiger partial charge is 0.217 e. The Hall–Kier alpha value is -1.05. The summed E-state index contributed by atoms with van der Waals surface area (Å²) in [5.74, 6) is -0.516. The van der Waals surface area contributed by atoms with Crippen molar-refractivity contribution in [3.63, 3.8) is 0 Å². The van der Waals surface area contributed by atoms with Crippen LogP contribution in [-0.4, -0.2) is 151 Å². The van der Waals surface area contributed by atoms with Crippen molar-refractivity contribution >= 4 is 5.91 Å². The molecule has 0 radical (unpaired) electrons. The second kappa shape index (κ2) is 15.3. The van der Waals surface area contributed by atoms with E-state index in [9.17, 15) is 35.4 Å². The van der Waals surface area contributed by atoms with Crippen molar-refractivity contribution in [2.75, 3.05) is 52.8 Å². The third-order valence-corrected chi connectivity index (χ3v) is 5.51. The van der Waals surface area contributed by atoms with Gasteiger partial charge in [-0.1, -0.05) is 0 Å². The van der Waals surface area contributed by atoms with E-state index in [1.165, 1.54) is 6.92 Å². The van der Waals surface area contributed by atoms with Gasteiger partial charge < -0.3 is 70.1 Å². The van der Waals surface area contributed by atoms with E-state index in [0.29, 0.717) is 26.4 Å². The number of hydrogen-bond donors (Lipinski definition) is 8. The van der Waals surface area contributed by atoms with Crippen molar-refractivity contribution in [1.82, 2.24) is 5.32 Å². The number of ether oxygens (including phenoxy) is 6. The minimum Gasteiger partial charge on any atom is -0.394 e. The number of rotatable bonds is 14. The maximum Gasteiger partial charge on any atom is 0.217 e. The minimum atomic E-state index is -1.75. The number of amides is 1. The molecule has 0 aromatic rings. The summed E-state index contributed by atoms with van der Waals surface area (Å²) in [6.07, 6.45) is -13.2. The normalized spacial score (nSPS) is 37.8. The molecule has 0 aromatic heterocycles. The first-order chi connectivity index (χ1) is 16.7. The second-order valence-corrected chi connectivity index (χ2v) is 8.12. The average Bonchev–Trinajstić information content (AvgIpc) is 2.83. The SMILES string of the molecule is CC(=O)NC1C(OCCOCCOCCN)OC(CO)C(O)C1OC1OC(CO)C(O)C(O)C1O. The van der Waals surface area contributed by atoms with Gasteiger partial charge in [-0.15, -0.1) is 0 Å². The van der Waals surface area contributed by atoms with Crippen molar-refractivity contribution in [3.05, 3.63) is 0 Å². The van der Waals surface area contributed by atoms with Gasteiger partial charge in [0.1, 0.15) is 48.8 Å². The zero-order valence-corrected chi connectivity index (χ0v) is 19.5. The van der Waals surface area contributed by atoms with Gasteiger partial charge in [0.15, 0.2) is 12.6 Å². The zero-order valence-electron chi connectivity index (χ0n) is 19.5. The first-order valence-corrected chi connectivity index (χ1v) is 11.4. The fourth-order valence-corrected chi connectivity index (χ4v) is 3.72. The van der Waals surface area contributed by atoms with Crippen molar-refractivity contribution in [3.8, 4) is 0 Å². The summed E-state index contributed by atoms with van der Waals surface area (Å²) in [6.45, 7) is 1.52. The van der Waals surface area contributed by atoms with E-state index < -0.39 is 80.5 Å². The lowest BCUT2D eigenvalue weighted by atomic mass is 9.95. The predicted octanol–water partition coefficient (Wildman–Crippen LogP) is -5.24. The molecule has 2 heterocycles. The number of aliphatic hydroxyl groups is 6. The van der Waals surface area contributed by atoms with E-state index >= 15 is 0 Å². The molecule has 15 nitrogen and oxygen atoms in total. The molecule has 35 heavy (non-hydrogen) atoms. The van der Waals surface area contributed by atoms with Crippen LogP contribution in [0.1, 0.15) is 6.92 Å². The minimum absolute atomic E-state index is 0.0126. The summed E-state index contributed by atoms with van der Waals surface area (Å²) in [4.78, 5) is 11.9. The summed E-state index contributed by atoms with van der Waals surface area (Å²) in [5.41, 5.74) is 5.33. The molecular weight excluding hydrogens is 476 g/mol. The van der Waals surface area contributed by atoms with Crippen LogP contribution in [0.5, 0.6) is 0 Å². The lowest BCUT2D eigenvalue weighted by Gasteiger charge is -2.47. The molecule has 2 saturated heterocycles. The van der Waals surface area contributed by atoms with Gasteiger partial charge in [0.05, 0.1) is 46.2 Å². The molecule has 0 spiro atoms. The number of carbonyl (C=O) groups is 1. The van der Waals surface area contributed by atoms with Crippen LogP contribution in [0, 0.1) is 0 Å². The van der Waals surface area contributed by atoms with Gasteiger partial charge in [0.25, 0.3) is 0 Å². The summed E-state index contributed by atoms with van der Waals surface area (Å²) in [6, 6.07) is -1.13. The van der Waals surface area contributed by atoms with E-state index in [-0.39, 0.29) is 13.2 Å². The van der Waals surface area contributed by atoms with Gasteiger partial charge in [-0.05, 0) is 0 Å². The summed E-state index contributed by atoms with van der Waals surface area (Å²) in [7, 11) is 0. The van der Waals surface area contributed by atoms with Crippen molar-refractivity contribution in [2.24, 2.45) is 5.73 Å². The van der Waals surface area contributed by atoms with E-state index in [1.807, 2.05) is 0 Å². The molecule has 0 aliphatic carbocycles. The second-order valence-electron chi connectivity index (χ2n) is 8.12. The third-order valence-electron chi connectivity index (χ3n) is 5.51. The largest absolute Gasteiger partial charge is 0.394 e. The number of aliphatic hydroxyl groups excluding tert-OH is 6. The van der Waals surface area contributed by atoms with Crippen LogP contribution in [0.4, 0.5) is 0 Å². The fraction of sp³-hybridized carbons (Fsp3) is 0.950. The highest BCUT2D eigenvalue weighted by atomic mass is 16.7. The fourth-order valence-electron chi connectivity index (χ4n) is 3.72. The molecule has 2 rings (SSSR count). The molecule has 10 atom stereocenters. The Kier molecular flexibility index (Phi) is 13.2. The van der Waals surface area contributed by atoms with Gasteiger partial charge in [0, 0.05) is 13.5 Å². The Bertz CT molecular complexity index is 616. The first-order valence-electron chi connectivity index (χ1n) is 11.4. The Labute approximate surface area is 202 Å². The summed E-state index contributed by atoms with van der Waals surface area (Å²) >= 11 is 0. The molecule has 15 heteroatoms. The molecule has 0 bridgehead atoms. The van der Waals surface area contributed by atoms with E-state index in [2.05, 4.69) is 5.32 Å². The number of carbonyl (C=O) groups excluding carboxylic acids is 1. The Balaban J connectivity index is 2.08. The average molecular weight is 515 g/mol. The molecule has 0 aromatic carbocycles. The van der Waals surface area contributed by atoms with Gasteiger partial charge >= 0.3 is 0 Å². The van der Waals surface area contributed by atoms with Crippen LogP contribution in [0.3, 0.4) is 0 Å². The molecule has 2 aliphatic heterocycles. The summed E-state index contributed by atoms with van der Waals surface area (Å²) < 4.78 is 32.9. The van der Waals surface area contributed by atoms with E-state index in [1.54, 1.807) is 0 Å². The molecule has 206 valence electrons. The van der Waals surface area contributed by atoms with Crippen molar-refractivity contribution < 1.29 is 63.9 Å². The zero-order chi connectivity index (χ0) is 26.0. The van der Waals surface area contributed by atoms with Crippen molar-refractivity contribution in [2.45, 2.75) is 68.3 Å². The molecule has 1 amide bonds. The van der Waals surface area contributed by atoms with Crippen LogP contribution in [0.2, 0.25) is 0 Å². The van der Waals surface area contributed by atoms with Gasteiger partial charge in [-0.3, -0.25) is 4.79 Å². The van der Waals surface area contributed by atoms with Gasteiger partial charge in [-0.2, -0.15) is 0 Å². The standard InChI is InChI=1S/C20H38N2O13/c1-10(25)22-13-18(35-20-17(29)16(28)14(26)11(8-23)34-20)15(27)12(9-24)33-19(13)32-7-6-31-5-4-30-3-2-21/h11-20,23-24,26-29H,2-9,21H2,1H3,(H,22,25). The molecule has 10 unspecified atom stereocenters. The van der Waals surface area contributed by atoms with Gasteiger partial charge in [0.2, 0.25) is 5.91 Å². The molecule has 0 saturated carbocycles. The molecule has 2 aliphatic rings. The third kappa shape index (κ3) is 8.50. The maximum absolute atomic E-state index is 11.9. The highest BCUT2D eigenvalue weighted by Gasteiger charge is 2.51. The molecule has 9 N–H and O–H groups in total. The quantitative estimate of drug-likeness (QED) is 0.101. The van der Waals surface area contributed by atoms with Crippen LogP contribution >= 0.6 is 0 Å². The topological polar surface area (TPSA) is 232 Å². The lowest BCUT2D eigenvalue weighted by Crippen LogP contribution is -2.68. The van der Waals surface area contributed by atoms with Crippen molar-refractivity contribution in [1.29, 1.82) is 0 Å². The lowest BCUT2D eigenvalue weighted by molar-refractivity contribution is -0.345. The predicted molar refractivity (Wildman–Crippen MR) is 115 cm³/mol. The molecule has 2 fully saturated rings.